The second-order valence-corrected chi connectivity index (χ2v) is 4.64. The van der Waals surface area contributed by atoms with Crippen molar-refractivity contribution in [3.63, 3.8) is 0 Å². The largest absolute Gasteiger partial charge is 0.496 e. The summed E-state index contributed by atoms with van der Waals surface area (Å²) in [7, 11) is 2.03. The lowest BCUT2D eigenvalue weighted by Gasteiger charge is -2.17. The second-order valence-electron chi connectivity index (χ2n) is 4.64. The average molecular weight is 225 g/mol. The van der Waals surface area contributed by atoms with Crippen LogP contribution >= 0.6 is 0 Å². The van der Waals surface area contributed by atoms with Crippen LogP contribution in [0.3, 0.4) is 0 Å². The van der Waals surface area contributed by atoms with Gasteiger partial charge in [0.2, 0.25) is 0 Å². The fourth-order valence-electron chi connectivity index (χ4n) is 2.24. The van der Waals surface area contributed by atoms with Gasteiger partial charge in [0, 0.05) is 6.42 Å². The molecule has 94 valence electrons. The average Bonchev–Trinajstić information content (AvgIpc) is 2.82. The molecule has 1 atom stereocenters. The molecule has 2 heteroatoms. The van der Waals surface area contributed by atoms with Crippen molar-refractivity contribution in [2.45, 2.75) is 64.3 Å². The molecule has 0 aliphatic carbocycles. The van der Waals surface area contributed by atoms with Crippen LogP contribution in [0, 0.1) is 0 Å². The summed E-state index contributed by atoms with van der Waals surface area (Å²) in [4.78, 5) is 0. The molecular weight excluding hydrogens is 198 g/mol. The molecule has 1 rings (SSSR count). The van der Waals surface area contributed by atoms with E-state index >= 15 is 0 Å². The molecule has 1 heterocycles. The predicted molar refractivity (Wildman–Crippen MR) is 69.5 cm³/mol. The third kappa shape index (κ3) is 5.02. The van der Waals surface area contributed by atoms with Crippen LogP contribution < -0.4 is 5.32 Å². The SMILES string of the molecule is CCCCCCCCC(NC)C1=CCCO1. The Morgan fingerprint density at radius 2 is 2.00 bits per heavy atom. The maximum atomic E-state index is 5.60. The van der Waals surface area contributed by atoms with E-state index in [1.165, 1.54) is 50.7 Å². The number of rotatable bonds is 9. The molecule has 2 nitrogen and oxygen atoms in total. The highest BCUT2D eigenvalue weighted by molar-refractivity contribution is 5.06. The van der Waals surface area contributed by atoms with E-state index in [1.54, 1.807) is 0 Å². The number of unbranched alkanes of at least 4 members (excludes halogenated alkanes) is 5. The minimum atomic E-state index is 0.452. The molecule has 0 aromatic heterocycles. The van der Waals surface area contributed by atoms with Crippen LogP contribution in [-0.4, -0.2) is 19.7 Å². The lowest BCUT2D eigenvalue weighted by atomic mass is 10.0. The summed E-state index contributed by atoms with van der Waals surface area (Å²) in [6.07, 6.45) is 12.7. The fourth-order valence-corrected chi connectivity index (χ4v) is 2.24. The van der Waals surface area contributed by atoms with E-state index in [0.717, 1.165) is 13.0 Å². The first kappa shape index (κ1) is 13.6. The number of hydrogen-bond donors (Lipinski definition) is 1. The van der Waals surface area contributed by atoms with Crippen molar-refractivity contribution >= 4 is 0 Å². The molecule has 0 amide bonds. The first-order valence-corrected chi connectivity index (χ1v) is 6.88. The van der Waals surface area contributed by atoms with Gasteiger partial charge in [-0.15, -0.1) is 0 Å². The minimum Gasteiger partial charge on any atom is -0.496 e. The molecule has 1 unspecified atom stereocenters. The molecule has 0 aromatic carbocycles. The standard InChI is InChI=1S/C14H27NO/c1-3-4-5-6-7-8-10-13(15-2)14-11-9-12-16-14/h11,13,15H,3-10,12H2,1-2H3. The highest BCUT2D eigenvalue weighted by Gasteiger charge is 2.16. The van der Waals surface area contributed by atoms with Gasteiger partial charge in [-0.25, -0.2) is 0 Å². The van der Waals surface area contributed by atoms with Crippen LogP contribution in [0.2, 0.25) is 0 Å². The summed E-state index contributed by atoms with van der Waals surface area (Å²) in [6, 6.07) is 0.452. The molecule has 1 aliphatic heterocycles. The Bertz CT molecular complexity index is 201. The van der Waals surface area contributed by atoms with Crippen LogP contribution in [0.4, 0.5) is 0 Å². The van der Waals surface area contributed by atoms with E-state index in [2.05, 4.69) is 18.3 Å². The van der Waals surface area contributed by atoms with E-state index in [-0.39, 0.29) is 0 Å². The quantitative estimate of drug-likeness (QED) is 0.605. The molecule has 0 saturated carbocycles. The Morgan fingerprint density at radius 1 is 1.25 bits per heavy atom. The van der Waals surface area contributed by atoms with E-state index in [9.17, 15) is 0 Å². The Balaban J connectivity index is 2.05. The molecule has 0 fully saturated rings. The molecule has 0 saturated heterocycles. The Labute approximate surface area is 100 Å². The van der Waals surface area contributed by atoms with Crippen molar-refractivity contribution in [3.05, 3.63) is 11.8 Å². The summed E-state index contributed by atoms with van der Waals surface area (Å²) in [5.74, 6) is 1.18. The summed E-state index contributed by atoms with van der Waals surface area (Å²) < 4.78 is 5.60. The zero-order valence-corrected chi connectivity index (χ0v) is 10.9. The smallest absolute Gasteiger partial charge is 0.109 e. The van der Waals surface area contributed by atoms with Crippen molar-refractivity contribution in [2.75, 3.05) is 13.7 Å². The molecule has 0 spiro atoms. The molecular formula is C14H27NO. The van der Waals surface area contributed by atoms with Gasteiger partial charge in [-0.3, -0.25) is 0 Å². The number of likely N-dealkylation sites (N-methyl/N-ethyl adjacent to an activating group) is 1. The minimum absolute atomic E-state index is 0.452. The van der Waals surface area contributed by atoms with Gasteiger partial charge < -0.3 is 10.1 Å². The molecule has 1 aliphatic rings. The molecule has 0 radical (unpaired) electrons. The van der Waals surface area contributed by atoms with E-state index < -0.39 is 0 Å². The summed E-state index contributed by atoms with van der Waals surface area (Å²) >= 11 is 0. The maximum absolute atomic E-state index is 5.60. The van der Waals surface area contributed by atoms with Crippen LogP contribution in [0.25, 0.3) is 0 Å². The van der Waals surface area contributed by atoms with Crippen molar-refractivity contribution in [1.29, 1.82) is 0 Å². The van der Waals surface area contributed by atoms with Gasteiger partial charge >= 0.3 is 0 Å². The van der Waals surface area contributed by atoms with Crippen LogP contribution in [0.1, 0.15) is 58.3 Å². The van der Waals surface area contributed by atoms with Crippen molar-refractivity contribution < 1.29 is 4.74 Å². The van der Waals surface area contributed by atoms with Crippen LogP contribution in [-0.2, 0) is 4.74 Å². The number of nitrogens with one attached hydrogen (secondary N) is 1. The van der Waals surface area contributed by atoms with Gasteiger partial charge in [0.05, 0.1) is 12.6 Å². The van der Waals surface area contributed by atoms with E-state index in [4.69, 9.17) is 4.74 Å². The zero-order valence-electron chi connectivity index (χ0n) is 10.9. The fraction of sp³-hybridized carbons (Fsp3) is 0.857. The highest BCUT2D eigenvalue weighted by atomic mass is 16.5. The van der Waals surface area contributed by atoms with Crippen molar-refractivity contribution in [2.24, 2.45) is 0 Å². The van der Waals surface area contributed by atoms with Gasteiger partial charge in [0.15, 0.2) is 0 Å². The summed E-state index contributed by atoms with van der Waals surface area (Å²) in [6.45, 7) is 3.14. The highest BCUT2D eigenvalue weighted by Crippen LogP contribution is 2.18. The van der Waals surface area contributed by atoms with Crippen molar-refractivity contribution in [3.8, 4) is 0 Å². The van der Waals surface area contributed by atoms with Crippen LogP contribution in [0.5, 0.6) is 0 Å². The second kappa shape index (κ2) is 8.63. The summed E-state index contributed by atoms with van der Waals surface area (Å²) in [5, 5.41) is 3.35. The van der Waals surface area contributed by atoms with Crippen molar-refractivity contribution in [1.82, 2.24) is 5.32 Å². The van der Waals surface area contributed by atoms with Crippen LogP contribution in [0.15, 0.2) is 11.8 Å². The molecule has 0 aromatic rings. The van der Waals surface area contributed by atoms with Gasteiger partial charge in [-0.05, 0) is 19.5 Å². The topological polar surface area (TPSA) is 21.3 Å². The third-order valence-electron chi connectivity index (χ3n) is 3.27. The first-order chi connectivity index (χ1) is 7.88. The number of hydrogen-bond acceptors (Lipinski definition) is 2. The van der Waals surface area contributed by atoms with Gasteiger partial charge in [-0.2, -0.15) is 0 Å². The lowest BCUT2D eigenvalue weighted by molar-refractivity contribution is 0.213. The Morgan fingerprint density at radius 3 is 2.62 bits per heavy atom. The third-order valence-corrected chi connectivity index (χ3v) is 3.27. The predicted octanol–water partition coefficient (Wildman–Crippen LogP) is 3.63. The van der Waals surface area contributed by atoms with Gasteiger partial charge in [0.25, 0.3) is 0 Å². The lowest BCUT2D eigenvalue weighted by Crippen LogP contribution is -2.27. The van der Waals surface area contributed by atoms with Gasteiger partial charge in [0.1, 0.15) is 5.76 Å². The first-order valence-electron chi connectivity index (χ1n) is 6.88. The zero-order chi connectivity index (χ0) is 11.6. The molecule has 16 heavy (non-hydrogen) atoms. The van der Waals surface area contributed by atoms with E-state index in [1.807, 2.05) is 7.05 Å². The normalized spacial score (nSPS) is 17.0. The molecule has 1 N–H and O–H groups in total. The van der Waals surface area contributed by atoms with E-state index in [0.29, 0.717) is 6.04 Å². The van der Waals surface area contributed by atoms with Gasteiger partial charge in [-0.1, -0.05) is 45.4 Å². The monoisotopic (exact) mass is 225 g/mol. The Kier molecular flexibility index (Phi) is 7.32. The Hall–Kier alpha value is -0.500. The maximum Gasteiger partial charge on any atom is 0.109 e. The number of ether oxygens (including phenoxy) is 1. The molecule has 0 bridgehead atoms. The summed E-state index contributed by atoms with van der Waals surface area (Å²) in [5.41, 5.74) is 0.